The molecule has 0 bridgehead atoms. The van der Waals surface area contributed by atoms with Crippen molar-refractivity contribution in [3.05, 3.63) is 29.6 Å². The molecule has 1 aromatic carbocycles. The first-order valence-electron chi connectivity index (χ1n) is 8.01. The Bertz CT molecular complexity index is 707. The number of hydrogen-bond donors (Lipinski definition) is 2. The lowest BCUT2D eigenvalue weighted by atomic mass is 10.1. The van der Waals surface area contributed by atoms with Gasteiger partial charge in [-0.2, -0.15) is 12.7 Å². The van der Waals surface area contributed by atoms with Crippen molar-refractivity contribution in [2.45, 2.75) is 27.2 Å². The van der Waals surface area contributed by atoms with Gasteiger partial charge in [-0.25, -0.2) is 9.11 Å². The Morgan fingerprint density at radius 1 is 1.42 bits per heavy atom. The lowest BCUT2D eigenvalue weighted by Gasteiger charge is -2.18. The number of benzene rings is 1. The fraction of sp³-hybridized carbons (Fsp3) is 0.562. The van der Waals surface area contributed by atoms with E-state index < -0.39 is 16.1 Å². The summed E-state index contributed by atoms with van der Waals surface area (Å²) in [5.74, 6) is -0.779. The molecule has 0 spiro atoms. The number of hydrogen-bond acceptors (Lipinski definition) is 3. The first kappa shape index (κ1) is 18.8. The fourth-order valence-electron chi connectivity index (χ4n) is 2.49. The van der Waals surface area contributed by atoms with Crippen LogP contribution in [-0.2, 0) is 15.0 Å². The molecule has 24 heavy (non-hydrogen) atoms. The minimum Gasteiger partial charge on any atom is -0.326 e. The number of halogens is 1. The predicted molar refractivity (Wildman–Crippen MR) is 91.2 cm³/mol. The van der Waals surface area contributed by atoms with Gasteiger partial charge in [-0.3, -0.25) is 4.79 Å². The third kappa shape index (κ3) is 4.75. The summed E-state index contributed by atoms with van der Waals surface area (Å²) < 4.78 is 41.5. The smallest absolute Gasteiger partial charge is 0.279 e. The van der Waals surface area contributed by atoms with E-state index in [1.807, 2.05) is 13.8 Å². The van der Waals surface area contributed by atoms with Gasteiger partial charge in [0, 0.05) is 25.3 Å². The number of anilines is 1. The molecule has 1 aromatic rings. The molecule has 2 rings (SSSR count). The second kappa shape index (κ2) is 7.58. The van der Waals surface area contributed by atoms with Gasteiger partial charge in [0.15, 0.2) is 0 Å². The molecule has 1 amide bonds. The van der Waals surface area contributed by atoms with Gasteiger partial charge in [-0.15, -0.1) is 0 Å². The van der Waals surface area contributed by atoms with Gasteiger partial charge in [0.25, 0.3) is 10.2 Å². The minimum atomic E-state index is -3.55. The number of rotatable bonds is 6. The highest BCUT2D eigenvalue weighted by molar-refractivity contribution is 7.87. The van der Waals surface area contributed by atoms with Gasteiger partial charge in [0.1, 0.15) is 5.82 Å². The topological polar surface area (TPSA) is 78.5 Å². The summed E-state index contributed by atoms with van der Waals surface area (Å²) in [6.45, 7) is 6.30. The van der Waals surface area contributed by atoms with Crippen LogP contribution >= 0.6 is 0 Å². The van der Waals surface area contributed by atoms with Crippen molar-refractivity contribution in [2.24, 2.45) is 11.8 Å². The van der Waals surface area contributed by atoms with E-state index in [1.54, 1.807) is 13.0 Å². The Balaban J connectivity index is 1.94. The summed E-state index contributed by atoms with van der Waals surface area (Å²) in [6.07, 6.45) is 0.467. The zero-order valence-electron chi connectivity index (χ0n) is 14.2. The van der Waals surface area contributed by atoms with Crippen LogP contribution in [-0.4, -0.2) is 38.3 Å². The highest BCUT2D eigenvalue weighted by atomic mass is 32.2. The van der Waals surface area contributed by atoms with Crippen LogP contribution in [0.15, 0.2) is 18.2 Å². The van der Waals surface area contributed by atoms with Gasteiger partial charge >= 0.3 is 0 Å². The second-order valence-corrected chi connectivity index (χ2v) is 8.30. The summed E-state index contributed by atoms with van der Waals surface area (Å²) in [5, 5.41) is 2.73. The molecule has 1 aliphatic rings. The molecule has 1 saturated heterocycles. The predicted octanol–water partition coefficient (Wildman–Crippen LogP) is 1.88. The number of amides is 1. The van der Waals surface area contributed by atoms with Crippen molar-refractivity contribution < 1.29 is 17.6 Å². The SMILES string of the molecule is Cc1cc(NC(=O)C2CCN(S(=O)(=O)NCC(C)C)C2)ccc1F. The van der Waals surface area contributed by atoms with Gasteiger partial charge < -0.3 is 5.32 Å². The van der Waals surface area contributed by atoms with Crippen LogP contribution in [0.4, 0.5) is 10.1 Å². The van der Waals surface area contributed by atoms with E-state index >= 15 is 0 Å². The molecule has 0 aliphatic carbocycles. The third-order valence-corrected chi connectivity index (χ3v) is 5.50. The third-order valence-electron chi connectivity index (χ3n) is 3.96. The van der Waals surface area contributed by atoms with Gasteiger partial charge in [0.2, 0.25) is 5.91 Å². The molecule has 1 fully saturated rings. The van der Waals surface area contributed by atoms with Crippen molar-refractivity contribution >= 4 is 21.8 Å². The maximum absolute atomic E-state index is 13.3. The highest BCUT2D eigenvalue weighted by Gasteiger charge is 2.34. The Morgan fingerprint density at radius 3 is 2.75 bits per heavy atom. The summed E-state index contributed by atoms with van der Waals surface area (Å²) in [7, 11) is -3.55. The summed E-state index contributed by atoms with van der Waals surface area (Å²) in [5.41, 5.74) is 0.958. The van der Waals surface area contributed by atoms with Crippen LogP contribution in [0.2, 0.25) is 0 Å². The molecule has 134 valence electrons. The van der Waals surface area contributed by atoms with Crippen molar-refractivity contribution in [1.29, 1.82) is 0 Å². The van der Waals surface area contributed by atoms with Crippen LogP contribution in [0.5, 0.6) is 0 Å². The van der Waals surface area contributed by atoms with Crippen LogP contribution in [0.3, 0.4) is 0 Å². The first-order chi connectivity index (χ1) is 11.2. The summed E-state index contributed by atoms with van der Waals surface area (Å²) in [6, 6.07) is 4.35. The number of carbonyl (C=O) groups excluding carboxylic acids is 1. The average Bonchev–Trinajstić information content (AvgIpc) is 3.00. The van der Waals surface area contributed by atoms with Gasteiger partial charge in [-0.1, -0.05) is 13.8 Å². The number of carbonyl (C=O) groups is 1. The van der Waals surface area contributed by atoms with Crippen LogP contribution < -0.4 is 10.0 Å². The van der Waals surface area contributed by atoms with Crippen molar-refractivity contribution in [2.75, 3.05) is 25.0 Å². The Hall–Kier alpha value is -1.51. The van der Waals surface area contributed by atoms with Crippen LogP contribution in [0.25, 0.3) is 0 Å². The molecule has 1 atom stereocenters. The molecule has 0 radical (unpaired) electrons. The molecular weight excluding hydrogens is 333 g/mol. The standard InChI is InChI=1S/C16H24FN3O3S/c1-11(2)9-18-24(22,23)20-7-6-13(10-20)16(21)19-14-4-5-15(17)12(3)8-14/h4-5,8,11,13,18H,6-7,9-10H2,1-3H3,(H,19,21). The van der Waals surface area contributed by atoms with Gasteiger partial charge in [0.05, 0.1) is 5.92 Å². The minimum absolute atomic E-state index is 0.152. The van der Waals surface area contributed by atoms with Gasteiger partial charge in [-0.05, 0) is 43.0 Å². The molecule has 0 saturated carbocycles. The molecule has 2 N–H and O–H groups in total. The zero-order valence-corrected chi connectivity index (χ0v) is 15.0. The number of nitrogens with one attached hydrogen (secondary N) is 2. The summed E-state index contributed by atoms with van der Waals surface area (Å²) >= 11 is 0. The Kier molecular flexibility index (Phi) is 5.95. The molecule has 1 aliphatic heterocycles. The normalized spacial score (nSPS) is 19.0. The van der Waals surface area contributed by atoms with Crippen LogP contribution in [0.1, 0.15) is 25.8 Å². The molecule has 6 nitrogen and oxygen atoms in total. The maximum atomic E-state index is 13.3. The maximum Gasteiger partial charge on any atom is 0.279 e. The highest BCUT2D eigenvalue weighted by Crippen LogP contribution is 2.21. The van der Waals surface area contributed by atoms with E-state index in [1.165, 1.54) is 16.4 Å². The molecule has 1 unspecified atom stereocenters. The Morgan fingerprint density at radius 2 is 2.12 bits per heavy atom. The Labute approximate surface area is 142 Å². The number of aryl methyl sites for hydroxylation is 1. The van der Waals surface area contributed by atoms with Crippen LogP contribution in [0, 0.1) is 24.6 Å². The van der Waals surface area contributed by atoms with E-state index in [0.717, 1.165) is 0 Å². The average molecular weight is 357 g/mol. The number of nitrogens with zero attached hydrogens (tertiary/aromatic N) is 1. The fourth-order valence-corrected chi connectivity index (χ4v) is 3.94. The van der Waals surface area contributed by atoms with E-state index in [0.29, 0.717) is 30.8 Å². The largest absolute Gasteiger partial charge is 0.326 e. The summed E-state index contributed by atoms with van der Waals surface area (Å²) in [4.78, 5) is 12.3. The van der Waals surface area contributed by atoms with Crippen molar-refractivity contribution in [3.8, 4) is 0 Å². The van der Waals surface area contributed by atoms with Crippen molar-refractivity contribution in [3.63, 3.8) is 0 Å². The van der Waals surface area contributed by atoms with E-state index in [2.05, 4.69) is 10.0 Å². The quantitative estimate of drug-likeness (QED) is 0.816. The molecule has 1 heterocycles. The lowest BCUT2D eigenvalue weighted by molar-refractivity contribution is -0.119. The monoisotopic (exact) mass is 357 g/mol. The van der Waals surface area contributed by atoms with E-state index in [-0.39, 0.29) is 24.2 Å². The first-order valence-corrected chi connectivity index (χ1v) is 9.45. The molecule has 0 aromatic heterocycles. The van der Waals surface area contributed by atoms with E-state index in [4.69, 9.17) is 0 Å². The lowest BCUT2D eigenvalue weighted by Crippen LogP contribution is -2.41. The van der Waals surface area contributed by atoms with E-state index in [9.17, 15) is 17.6 Å². The molecular formula is C16H24FN3O3S. The zero-order chi connectivity index (χ0) is 17.9. The molecule has 8 heteroatoms. The second-order valence-electron chi connectivity index (χ2n) is 6.54. The van der Waals surface area contributed by atoms with Crippen molar-refractivity contribution in [1.82, 2.24) is 9.03 Å².